The Bertz CT molecular complexity index is 1080. The molecule has 1 aromatic heterocycles. The van der Waals surface area contributed by atoms with Gasteiger partial charge in [0.2, 0.25) is 11.8 Å². The lowest BCUT2D eigenvalue weighted by molar-refractivity contribution is -0.140. The highest BCUT2D eigenvalue weighted by Crippen LogP contribution is 2.28. The predicted molar refractivity (Wildman–Crippen MR) is 141 cm³/mol. The number of carbonyl (C=O) groups is 2. The zero-order chi connectivity index (χ0) is 24.5. The van der Waals surface area contributed by atoms with Crippen molar-refractivity contribution >= 4 is 23.2 Å². The van der Waals surface area contributed by atoms with Crippen LogP contribution in [0.5, 0.6) is 5.75 Å². The molecule has 0 aliphatic heterocycles. The summed E-state index contributed by atoms with van der Waals surface area (Å²) in [5.41, 5.74) is 1.91. The molecule has 0 saturated heterocycles. The Hall–Kier alpha value is -3.12. The van der Waals surface area contributed by atoms with Crippen LogP contribution in [-0.4, -0.2) is 36.4 Å². The largest absolute Gasteiger partial charge is 0.497 e. The van der Waals surface area contributed by atoms with Gasteiger partial charge >= 0.3 is 0 Å². The molecule has 1 N–H and O–H groups in total. The average molecular weight is 491 g/mol. The number of rotatable bonds is 10. The number of hydrogen-bond acceptors (Lipinski definition) is 4. The lowest BCUT2D eigenvalue weighted by Gasteiger charge is -2.33. The van der Waals surface area contributed by atoms with Crippen molar-refractivity contribution in [2.75, 3.05) is 13.7 Å². The van der Waals surface area contributed by atoms with Gasteiger partial charge in [0.05, 0.1) is 13.5 Å². The van der Waals surface area contributed by atoms with Crippen LogP contribution < -0.4 is 10.1 Å². The summed E-state index contributed by atoms with van der Waals surface area (Å²) in [4.78, 5) is 30.3. The Kier molecular flexibility index (Phi) is 8.96. The number of methoxy groups -OCH3 is 1. The third-order valence-electron chi connectivity index (χ3n) is 6.63. The molecule has 1 saturated carbocycles. The van der Waals surface area contributed by atoms with Crippen molar-refractivity contribution in [1.82, 2.24) is 10.2 Å². The van der Waals surface area contributed by atoms with Gasteiger partial charge in [-0.15, -0.1) is 11.3 Å². The molecule has 1 aliphatic rings. The smallest absolute Gasteiger partial charge is 0.247 e. The number of nitrogens with zero attached hydrogens (tertiary/aromatic N) is 1. The zero-order valence-electron chi connectivity index (χ0n) is 20.3. The topological polar surface area (TPSA) is 58.6 Å². The minimum Gasteiger partial charge on any atom is -0.497 e. The van der Waals surface area contributed by atoms with Gasteiger partial charge in [0, 0.05) is 17.5 Å². The molecule has 2 amide bonds. The first kappa shape index (κ1) is 25.0. The van der Waals surface area contributed by atoms with E-state index in [4.69, 9.17) is 4.74 Å². The zero-order valence-corrected chi connectivity index (χ0v) is 21.1. The van der Waals surface area contributed by atoms with Crippen LogP contribution in [0.2, 0.25) is 0 Å². The quantitative estimate of drug-likeness (QED) is 0.405. The molecule has 1 atom stereocenters. The van der Waals surface area contributed by atoms with Crippen LogP contribution in [0.1, 0.15) is 54.1 Å². The van der Waals surface area contributed by atoms with Crippen molar-refractivity contribution in [2.24, 2.45) is 0 Å². The summed E-state index contributed by atoms with van der Waals surface area (Å²) < 4.78 is 5.46. The molecule has 0 spiro atoms. The maximum atomic E-state index is 13.8. The Morgan fingerprint density at radius 2 is 1.83 bits per heavy atom. The summed E-state index contributed by atoms with van der Waals surface area (Å²) >= 11 is 1.57. The lowest BCUT2D eigenvalue weighted by atomic mass is 9.94. The van der Waals surface area contributed by atoms with Gasteiger partial charge in [-0.05, 0) is 54.0 Å². The number of benzene rings is 2. The Balaban J connectivity index is 1.65. The van der Waals surface area contributed by atoms with E-state index in [0.717, 1.165) is 41.7 Å². The maximum Gasteiger partial charge on any atom is 0.247 e. The maximum absolute atomic E-state index is 13.8. The minimum atomic E-state index is -0.719. The summed E-state index contributed by atoms with van der Waals surface area (Å²) in [6.45, 7) is 0.453. The van der Waals surface area contributed by atoms with Crippen LogP contribution in [-0.2, 0) is 22.4 Å². The summed E-state index contributed by atoms with van der Waals surface area (Å²) in [5.74, 6) is 0.513. The van der Waals surface area contributed by atoms with Gasteiger partial charge in [0.25, 0.3) is 0 Å². The molecule has 0 bridgehead atoms. The normalized spacial score (nSPS) is 14.8. The van der Waals surface area contributed by atoms with Gasteiger partial charge in [-0.25, -0.2) is 0 Å². The van der Waals surface area contributed by atoms with E-state index < -0.39 is 6.04 Å². The number of thiophene rings is 1. The average Bonchev–Trinajstić information content (AvgIpc) is 3.40. The summed E-state index contributed by atoms with van der Waals surface area (Å²) in [7, 11) is 1.62. The molecule has 2 aromatic carbocycles. The second-order valence-electron chi connectivity index (χ2n) is 9.10. The van der Waals surface area contributed by atoms with E-state index in [9.17, 15) is 9.59 Å². The Morgan fingerprint density at radius 1 is 1.03 bits per heavy atom. The fourth-order valence-electron chi connectivity index (χ4n) is 4.77. The first-order valence-corrected chi connectivity index (χ1v) is 13.3. The molecule has 1 heterocycles. The SMILES string of the molecule is COc1cccc([C@@H](C(=O)NC2CCCCC2)N(CCc2ccccc2)C(=O)Cc2cccs2)c1. The molecule has 1 aliphatic carbocycles. The molecule has 6 heteroatoms. The minimum absolute atomic E-state index is 0.0463. The molecular formula is C29H34N2O3S. The standard InChI is InChI=1S/C29H34N2O3S/c1-34-25-15-8-12-23(20-25)28(29(33)30-24-13-6-3-7-14-24)31(18-17-22-10-4-2-5-11-22)27(32)21-26-16-9-19-35-26/h2,4-5,8-12,15-16,19-20,24,28H,3,6-7,13-14,17-18,21H2,1H3,(H,30,33)/t28-/m0/s1. The Labute approximate surface area is 212 Å². The molecular weight excluding hydrogens is 456 g/mol. The van der Waals surface area contributed by atoms with E-state index in [-0.39, 0.29) is 24.3 Å². The van der Waals surface area contributed by atoms with Gasteiger partial charge in [-0.1, -0.05) is 67.8 Å². The van der Waals surface area contributed by atoms with Crippen LogP contribution in [0.25, 0.3) is 0 Å². The second-order valence-corrected chi connectivity index (χ2v) is 10.1. The number of hydrogen-bond donors (Lipinski definition) is 1. The number of amides is 2. The van der Waals surface area contributed by atoms with Crippen LogP contribution in [0.15, 0.2) is 72.1 Å². The Morgan fingerprint density at radius 3 is 2.54 bits per heavy atom. The van der Waals surface area contributed by atoms with Crippen molar-refractivity contribution in [3.05, 3.63) is 88.1 Å². The van der Waals surface area contributed by atoms with Gasteiger partial charge in [0.1, 0.15) is 11.8 Å². The van der Waals surface area contributed by atoms with Crippen molar-refractivity contribution < 1.29 is 14.3 Å². The first-order valence-electron chi connectivity index (χ1n) is 12.4. The predicted octanol–water partition coefficient (Wildman–Crippen LogP) is 5.56. The van der Waals surface area contributed by atoms with Gasteiger partial charge in [-0.2, -0.15) is 0 Å². The van der Waals surface area contributed by atoms with Crippen molar-refractivity contribution in [2.45, 2.75) is 57.0 Å². The van der Waals surface area contributed by atoms with E-state index in [1.165, 1.54) is 6.42 Å². The lowest BCUT2D eigenvalue weighted by Crippen LogP contribution is -2.48. The number of carbonyl (C=O) groups excluding carboxylic acids is 2. The van der Waals surface area contributed by atoms with Crippen molar-refractivity contribution in [1.29, 1.82) is 0 Å². The van der Waals surface area contributed by atoms with Gasteiger partial charge in [-0.3, -0.25) is 9.59 Å². The monoisotopic (exact) mass is 490 g/mol. The third kappa shape index (κ3) is 6.95. The van der Waals surface area contributed by atoms with Gasteiger partial charge < -0.3 is 15.0 Å². The number of nitrogens with one attached hydrogen (secondary N) is 1. The van der Waals surface area contributed by atoms with Crippen LogP contribution in [0, 0.1) is 0 Å². The van der Waals surface area contributed by atoms with E-state index in [2.05, 4.69) is 17.4 Å². The molecule has 3 aromatic rings. The fourth-order valence-corrected chi connectivity index (χ4v) is 5.46. The fraction of sp³-hybridized carbons (Fsp3) is 0.379. The molecule has 1 fully saturated rings. The van der Waals surface area contributed by atoms with Gasteiger partial charge in [0.15, 0.2) is 0 Å². The molecule has 184 valence electrons. The third-order valence-corrected chi connectivity index (χ3v) is 7.51. The second kappa shape index (κ2) is 12.5. The molecule has 4 rings (SSSR count). The summed E-state index contributed by atoms with van der Waals surface area (Å²) in [6, 6.07) is 21.0. The highest BCUT2D eigenvalue weighted by molar-refractivity contribution is 7.10. The molecule has 5 nitrogen and oxygen atoms in total. The van der Waals surface area contributed by atoms with E-state index >= 15 is 0 Å². The highest BCUT2D eigenvalue weighted by atomic mass is 32.1. The number of ether oxygens (including phenoxy) is 1. The van der Waals surface area contributed by atoms with Crippen LogP contribution in [0.3, 0.4) is 0 Å². The highest BCUT2D eigenvalue weighted by Gasteiger charge is 2.33. The van der Waals surface area contributed by atoms with Crippen molar-refractivity contribution in [3.8, 4) is 5.75 Å². The van der Waals surface area contributed by atoms with E-state index in [0.29, 0.717) is 18.7 Å². The van der Waals surface area contributed by atoms with E-state index in [1.54, 1.807) is 23.3 Å². The van der Waals surface area contributed by atoms with Crippen LogP contribution in [0.4, 0.5) is 0 Å². The van der Waals surface area contributed by atoms with E-state index in [1.807, 2.05) is 60.0 Å². The molecule has 0 radical (unpaired) electrons. The van der Waals surface area contributed by atoms with Crippen LogP contribution >= 0.6 is 11.3 Å². The molecule has 35 heavy (non-hydrogen) atoms. The molecule has 0 unspecified atom stereocenters. The van der Waals surface area contributed by atoms with Crippen molar-refractivity contribution in [3.63, 3.8) is 0 Å². The summed E-state index contributed by atoms with van der Waals surface area (Å²) in [6.07, 6.45) is 6.41. The summed E-state index contributed by atoms with van der Waals surface area (Å²) in [5, 5.41) is 5.25. The first-order chi connectivity index (χ1) is 17.1.